The van der Waals surface area contributed by atoms with Gasteiger partial charge in [-0.15, -0.1) is 0 Å². The molecule has 2 aliphatic rings. The first-order valence-corrected chi connectivity index (χ1v) is 9.16. The van der Waals surface area contributed by atoms with Crippen LogP contribution in [0.15, 0.2) is 35.6 Å². The van der Waals surface area contributed by atoms with Crippen molar-refractivity contribution in [3.8, 4) is 5.75 Å². The molecule has 1 aromatic rings. The van der Waals surface area contributed by atoms with E-state index in [4.69, 9.17) is 9.84 Å². The van der Waals surface area contributed by atoms with Crippen LogP contribution in [0, 0.1) is 5.41 Å². The summed E-state index contributed by atoms with van der Waals surface area (Å²) in [5.74, 6) is -2.30. The molecule has 1 aliphatic heterocycles. The normalized spacial score (nSPS) is 18.8. The fraction of sp³-hybridized carbons (Fsp3) is 0.450. The molecular weight excluding hydrogens is 364 g/mol. The molecule has 0 saturated heterocycles. The summed E-state index contributed by atoms with van der Waals surface area (Å²) in [5.41, 5.74) is -0.385. The molecule has 1 aliphatic carbocycles. The minimum absolute atomic E-state index is 0.230. The van der Waals surface area contributed by atoms with E-state index in [1.165, 1.54) is 4.90 Å². The van der Waals surface area contributed by atoms with Crippen LogP contribution in [0.25, 0.3) is 0 Å². The molecule has 0 radical (unpaired) electrons. The number of ether oxygens (including phenoxy) is 1. The Morgan fingerprint density at radius 3 is 2.46 bits per heavy atom. The number of amides is 2. The number of nitrogens with zero attached hydrogens (tertiary/aromatic N) is 1. The van der Waals surface area contributed by atoms with Crippen molar-refractivity contribution in [3.63, 3.8) is 0 Å². The monoisotopic (exact) mass is 388 g/mol. The minimum Gasteiger partial charge on any atom is -0.511 e. The van der Waals surface area contributed by atoms with E-state index < -0.39 is 35.3 Å². The molecule has 8 nitrogen and oxygen atoms in total. The highest BCUT2D eigenvalue weighted by molar-refractivity contribution is 6.19. The van der Waals surface area contributed by atoms with Gasteiger partial charge in [0.1, 0.15) is 23.6 Å². The van der Waals surface area contributed by atoms with Gasteiger partial charge < -0.3 is 25.2 Å². The predicted molar refractivity (Wildman–Crippen MR) is 99.6 cm³/mol. The number of carbonyl (C=O) groups excluding carboxylic acids is 2. The zero-order chi connectivity index (χ0) is 20.5. The van der Waals surface area contributed by atoms with Gasteiger partial charge in [0.05, 0.1) is 6.10 Å². The average molecular weight is 388 g/mol. The summed E-state index contributed by atoms with van der Waals surface area (Å²) in [6.45, 7) is 3.30. The van der Waals surface area contributed by atoms with Crippen molar-refractivity contribution in [1.29, 1.82) is 0 Å². The van der Waals surface area contributed by atoms with Crippen molar-refractivity contribution in [2.24, 2.45) is 5.41 Å². The van der Waals surface area contributed by atoms with Crippen molar-refractivity contribution in [2.75, 3.05) is 13.1 Å². The van der Waals surface area contributed by atoms with Crippen LogP contribution >= 0.6 is 0 Å². The number of rotatable bonds is 7. The topological polar surface area (TPSA) is 116 Å². The van der Waals surface area contributed by atoms with Gasteiger partial charge in [0.25, 0.3) is 11.8 Å². The Morgan fingerprint density at radius 2 is 1.89 bits per heavy atom. The maximum atomic E-state index is 12.8. The quantitative estimate of drug-likeness (QED) is 0.611. The lowest BCUT2D eigenvalue weighted by Gasteiger charge is -2.38. The molecule has 1 aromatic carbocycles. The number of carboxylic acid groups (broad SMARTS) is 1. The summed E-state index contributed by atoms with van der Waals surface area (Å²) in [5, 5.41) is 21.3. The van der Waals surface area contributed by atoms with Gasteiger partial charge in [-0.1, -0.05) is 26.0 Å². The molecule has 1 fully saturated rings. The van der Waals surface area contributed by atoms with Crippen LogP contribution in [0.2, 0.25) is 0 Å². The molecule has 150 valence electrons. The number of aliphatic hydroxyl groups excluding tert-OH is 1. The van der Waals surface area contributed by atoms with E-state index in [0.29, 0.717) is 6.10 Å². The first kappa shape index (κ1) is 19.7. The molecule has 28 heavy (non-hydrogen) atoms. The molecule has 0 atom stereocenters. The molecule has 2 amide bonds. The van der Waals surface area contributed by atoms with E-state index in [-0.39, 0.29) is 18.8 Å². The molecule has 8 heteroatoms. The fourth-order valence-corrected chi connectivity index (χ4v) is 3.07. The van der Waals surface area contributed by atoms with Gasteiger partial charge in [0.2, 0.25) is 0 Å². The highest BCUT2D eigenvalue weighted by Crippen LogP contribution is 2.34. The molecule has 0 bridgehead atoms. The Balaban J connectivity index is 1.75. The van der Waals surface area contributed by atoms with Crippen molar-refractivity contribution in [3.05, 3.63) is 41.2 Å². The number of carboxylic acids is 1. The third-order valence-electron chi connectivity index (χ3n) is 4.72. The van der Waals surface area contributed by atoms with E-state index in [2.05, 4.69) is 5.32 Å². The Bertz CT molecular complexity index is 824. The van der Waals surface area contributed by atoms with E-state index in [1.54, 1.807) is 13.8 Å². The number of hydrogen-bond acceptors (Lipinski definition) is 5. The smallest absolute Gasteiger partial charge is 0.322 e. The largest absolute Gasteiger partial charge is 0.511 e. The molecular formula is C20H24N2O6. The van der Waals surface area contributed by atoms with Gasteiger partial charge in [-0.2, -0.15) is 0 Å². The molecule has 0 spiro atoms. The molecule has 1 heterocycles. The average Bonchev–Trinajstić information content (AvgIpc) is 3.44. The molecule has 1 saturated carbocycles. The van der Waals surface area contributed by atoms with Crippen LogP contribution < -0.4 is 10.1 Å². The first-order valence-electron chi connectivity index (χ1n) is 9.16. The summed E-state index contributed by atoms with van der Waals surface area (Å²) >= 11 is 0. The molecule has 3 rings (SSSR count). The number of aliphatic hydroxyl groups is 1. The SMILES string of the molecule is CC1(C)CN(Cc2ccc(OC3CC3)cc2)C(=O)C(C(=O)NCC(=O)O)=C1O. The lowest BCUT2D eigenvalue weighted by Crippen LogP contribution is -2.49. The van der Waals surface area contributed by atoms with Crippen molar-refractivity contribution in [2.45, 2.75) is 39.3 Å². The highest BCUT2D eigenvalue weighted by Gasteiger charge is 2.42. The van der Waals surface area contributed by atoms with Crippen LogP contribution in [-0.4, -0.2) is 52.1 Å². The van der Waals surface area contributed by atoms with Crippen molar-refractivity contribution in [1.82, 2.24) is 10.2 Å². The third-order valence-corrected chi connectivity index (χ3v) is 4.72. The second kappa shape index (κ2) is 7.53. The number of carbonyl (C=O) groups is 3. The zero-order valence-electron chi connectivity index (χ0n) is 15.9. The fourth-order valence-electron chi connectivity index (χ4n) is 3.07. The van der Waals surface area contributed by atoms with Crippen LogP contribution in [0.4, 0.5) is 0 Å². The van der Waals surface area contributed by atoms with E-state index >= 15 is 0 Å². The Hall–Kier alpha value is -3.03. The summed E-state index contributed by atoms with van der Waals surface area (Å²) in [7, 11) is 0. The number of benzene rings is 1. The number of hydrogen-bond donors (Lipinski definition) is 3. The van der Waals surface area contributed by atoms with Gasteiger partial charge in [-0.3, -0.25) is 14.4 Å². The van der Waals surface area contributed by atoms with Crippen molar-refractivity contribution >= 4 is 17.8 Å². The van der Waals surface area contributed by atoms with Gasteiger partial charge >= 0.3 is 5.97 Å². The Morgan fingerprint density at radius 1 is 1.25 bits per heavy atom. The second-order valence-electron chi connectivity index (χ2n) is 7.81. The minimum atomic E-state index is -1.23. The zero-order valence-corrected chi connectivity index (χ0v) is 15.9. The van der Waals surface area contributed by atoms with Crippen LogP contribution in [0.3, 0.4) is 0 Å². The number of aliphatic carboxylic acids is 1. The second-order valence-corrected chi connectivity index (χ2v) is 7.81. The van der Waals surface area contributed by atoms with E-state index in [9.17, 15) is 19.5 Å². The lowest BCUT2D eigenvalue weighted by molar-refractivity contribution is -0.139. The summed E-state index contributed by atoms with van der Waals surface area (Å²) in [4.78, 5) is 37.3. The summed E-state index contributed by atoms with van der Waals surface area (Å²) < 4.78 is 5.71. The van der Waals surface area contributed by atoms with E-state index in [1.807, 2.05) is 24.3 Å². The Kier molecular flexibility index (Phi) is 5.31. The molecule has 0 aromatic heterocycles. The molecule has 3 N–H and O–H groups in total. The lowest BCUT2D eigenvalue weighted by atomic mass is 9.83. The highest BCUT2D eigenvalue weighted by atomic mass is 16.5. The van der Waals surface area contributed by atoms with Gasteiger partial charge in [0, 0.05) is 18.5 Å². The maximum Gasteiger partial charge on any atom is 0.322 e. The van der Waals surface area contributed by atoms with Gasteiger partial charge in [-0.05, 0) is 30.5 Å². The number of nitrogens with one attached hydrogen (secondary N) is 1. The van der Waals surface area contributed by atoms with E-state index in [0.717, 1.165) is 24.2 Å². The van der Waals surface area contributed by atoms with Gasteiger partial charge in [0.15, 0.2) is 0 Å². The van der Waals surface area contributed by atoms with Crippen LogP contribution in [-0.2, 0) is 20.9 Å². The van der Waals surface area contributed by atoms with Crippen molar-refractivity contribution < 1.29 is 29.3 Å². The summed E-state index contributed by atoms with van der Waals surface area (Å²) in [6, 6.07) is 7.42. The first-order chi connectivity index (χ1) is 13.2. The third kappa shape index (κ3) is 4.44. The Labute approximate surface area is 162 Å². The molecule has 0 unspecified atom stereocenters. The predicted octanol–water partition coefficient (Wildman–Crippen LogP) is 1.61. The van der Waals surface area contributed by atoms with Crippen LogP contribution in [0.1, 0.15) is 32.3 Å². The summed E-state index contributed by atoms with van der Waals surface area (Å²) in [6.07, 6.45) is 2.44. The maximum absolute atomic E-state index is 12.8. The van der Waals surface area contributed by atoms with Gasteiger partial charge in [-0.25, -0.2) is 0 Å². The standard InChI is InChI=1S/C20H24N2O6/c1-20(2)11-22(10-12-3-5-13(6-4-12)28-14-7-8-14)19(27)16(17(20)25)18(26)21-9-15(23)24/h3-6,14,25H,7-11H2,1-2H3,(H,21,26)(H,23,24). The van der Waals surface area contributed by atoms with Crippen LogP contribution in [0.5, 0.6) is 5.75 Å².